The van der Waals surface area contributed by atoms with E-state index in [0.717, 1.165) is 0 Å². The highest BCUT2D eigenvalue weighted by Gasteiger charge is 1.93. The molecule has 0 spiro atoms. The van der Waals surface area contributed by atoms with Gasteiger partial charge in [-0.05, 0) is 13.8 Å². The van der Waals surface area contributed by atoms with Crippen molar-refractivity contribution in [1.82, 2.24) is 0 Å². The number of esters is 1. The molecule has 0 saturated carbocycles. The molecule has 0 bridgehead atoms. The molecule has 0 heterocycles. The van der Waals surface area contributed by atoms with Gasteiger partial charge in [-0.3, -0.25) is 4.79 Å². The van der Waals surface area contributed by atoms with Gasteiger partial charge in [-0.15, -0.1) is 0 Å². The van der Waals surface area contributed by atoms with Crippen molar-refractivity contribution in [2.75, 3.05) is 0 Å². The molecule has 0 radical (unpaired) electrons. The number of ether oxygens (including phenoxy) is 1. The van der Waals surface area contributed by atoms with Crippen LogP contribution in [0.15, 0.2) is 24.5 Å². The van der Waals surface area contributed by atoms with Crippen LogP contribution in [0.4, 0.5) is 0 Å². The van der Waals surface area contributed by atoms with Crippen molar-refractivity contribution in [2.45, 2.75) is 20.3 Å². The molecule has 0 N–H and O–H groups in total. The Kier molecular flexibility index (Phi) is 5.44. The average Bonchev–Trinajstić information content (AvgIpc) is 1.97. The van der Waals surface area contributed by atoms with E-state index in [0.29, 0.717) is 6.42 Å². The molecule has 0 aliphatic rings. The van der Waals surface area contributed by atoms with Gasteiger partial charge in [0.2, 0.25) is 0 Å². The summed E-state index contributed by atoms with van der Waals surface area (Å²) in [6.45, 7) is 3.66. The van der Waals surface area contributed by atoms with Crippen LogP contribution in [-0.2, 0) is 9.53 Å². The van der Waals surface area contributed by atoms with E-state index in [1.165, 1.54) is 6.26 Å². The highest BCUT2D eigenvalue weighted by molar-refractivity contribution is 5.71. The van der Waals surface area contributed by atoms with Crippen LogP contribution in [0.1, 0.15) is 20.3 Å². The fourth-order valence-corrected chi connectivity index (χ4v) is 0.406. The third-order valence-electron chi connectivity index (χ3n) is 0.856. The van der Waals surface area contributed by atoms with Gasteiger partial charge in [0.15, 0.2) is 0 Å². The Labute approximate surface area is 61.2 Å². The van der Waals surface area contributed by atoms with E-state index in [1.54, 1.807) is 19.1 Å². The second-order valence-electron chi connectivity index (χ2n) is 1.73. The lowest BCUT2D eigenvalue weighted by Gasteiger charge is -1.91. The molecule has 0 rings (SSSR count). The molecule has 0 aromatic carbocycles. The Morgan fingerprint density at radius 1 is 1.40 bits per heavy atom. The van der Waals surface area contributed by atoms with Crippen LogP contribution < -0.4 is 0 Å². The lowest BCUT2D eigenvalue weighted by atomic mass is 10.4. The fourth-order valence-electron chi connectivity index (χ4n) is 0.406. The molecule has 0 saturated heterocycles. The van der Waals surface area contributed by atoms with Crippen molar-refractivity contribution in [3.05, 3.63) is 24.5 Å². The summed E-state index contributed by atoms with van der Waals surface area (Å²) in [7, 11) is 0. The average molecular weight is 140 g/mol. The van der Waals surface area contributed by atoms with Crippen molar-refractivity contribution in [1.29, 1.82) is 0 Å². The first-order valence-electron chi connectivity index (χ1n) is 3.23. The van der Waals surface area contributed by atoms with Crippen molar-refractivity contribution in [3.63, 3.8) is 0 Å². The van der Waals surface area contributed by atoms with Gasteiger partial charge >= 0.3 is 5.97 Å². The van der Waals surface area contributed by atoms with Gasteiger partial charge in [-0.25, -0.2) is 0 Å². The molecular formula is C8H12O2. The zero-order valence-electron chi connectivity index (χ0n) is 6.33. The largest absolute Gasteiger partial charge is 0.435 e. The van der Waals surface area contributed by atoms with E-state index in [9.17, 15) is 4.79 Å². The Hall–Kier alpha value is -1.05. The normalized spacial score (nSPS) is 11.0. The highest BCUT2D eigenvalue weighted by atomic mass is 16.5. The predicted molar refractivity (Wildman–Crippen MR) is 40.3 cm³/mol. The standard InChI is InChI=1S/C8H12O2/c1-3-5-6-8(9)10-7-4-2/h3-5,7H,6H2,1-2H3/b5-3+,7-4+. The van der Waals surface area contributed by atoms with E-state index >= 15 is 0 Å². The summed E-state index contributed by atoms with van der Waals surface area (Å²) < 4.78 is 4.62. The van der Waals surface area contributed by atoms with Crippen LogP contribution in [0, 0.1) is 0 Å². The topological polar surface area (TPSA) is 26.3 Å². The summed E-state index contributed by atoms with van der Waals surface area (Å²) in [6.07, 6.45) is 6.98. The number of hydrogen-bond donors (Lipinski definition) is 0. The molecule has 56 valence electrons. The van der Waals surface area contributed by atoms with Gasteiger partial charge in [0, 0.05) is 0 Å². The second kappa shape index (κ2) is 6.08. The van der Waals surface area contributed by atoms with Crippen molar-refractivity contribution in [3.8, 4) is 0 Å². The van der Waals surface area contributed by atoms with Crippen LogP contribution in [-0.4, -0.2) is 5.97 Å². The maximum atomic E-state index is 10.6. The Balaban J connectivity index is 3.44. The molecule has 2 heteroatoms. The lowest BCUT2D eigenvalue weighted by Crippen LogP contribution is -1.95. The maximum Gasteiger partial charge on any atom is 0.314 e. The zero-order valence-corrected chi connectivity index (χ0v) is 6.33. The quantitative estimate of drug-likeness (QED) is 0.340. The molecule has 2 nitrogen and oxygen atoms in total. The minimum atomic E-state index is -0.226. The lowest BCUT2D eigenvalue weighted by molar-refractivity contribution is -0.137. The van der Waals surface area contributed by atoms with Crippen molar-refractivity contribution in [2.24, 2.45) is 0 Å². The van der Waals surface area contributed by atoms with Crippen molar-refractivity contribution < 1.29 is 9.53 Å². The van der Waals surface area contributed by atoms with Gasteiger partial charge in [0.25, 0.3) is 0 Å². The second-order valence-corrected chi connectivity index (χ2v) is 1.73. The van der Waals surface area contributed by atoms with Gasteiger partial charge in [0.05, 0.1) is 12.7 Å². The minimum absolute atomic E-state index is 0.226. The van der Waals surface area contributed by atoms with Crippen LogP contribution in [0.5, 0.6) is 0 Å². The molecule has 0 aromatic heterocycles. The molecule has 0 fully saturated rings. The molecule has 0 aliphatic heterocycles. The first-order valence-corrected chi connectivity index (χ1v) is 3.23. The summed E-state index contributed by atoms with van der Waals surface area (Å²) in [6, 6.07) is 0. The summed E-state index contributed by atoms with van der Waals surface area (Å²) in [5, 5.41) is 0. The first kappa shape index (κ1) is 8.95. The number of carbonyl (C=O) groups excluding carboxylic acids is 1. The third kappa shape index (κ3) is 5.09. The molecule has 10 heavy (non-hydrogen) atoms. The molecule has 0 amide bonds. The molecule has 0 unspecified atom stereocenters. The van der Waals surface area contributed by atoms with Gasteiger partial charge in [-0.2, -0.15) is 0 Å². The summed E-state index contributed by atoms with van der Waals surface area (Å²) >= 11 is 0. The van der Waals surface area contributed by atoms with Gasteiger partial charge in [0.1, 0.15) is 0 Å². The fraction of sp³-hybridized carbons (Fsp3) is 0.375. The Morgan fingerprint density at radius 3 is 2.60 bits per heavy atom. The van der Waals surface area contributed by atoms with Crippen LogP contribution in [0.2, 0.25) is 0 Å². The SMILES string of the molecule is C/C=C/CC(=O)O/C=C/C. The maximum absolute atomic E-state index is 10.6. The van der Waals surface area contributed by atoms with E-state index in [-0.39, 0.29) is 5.97 Å². The van der Waals surface area contributed by atoms with Gasteiger partial charge < -0.3 is 4.74 Å². The van der Waals surface area contributed by atoms with E-state index in [4.69, 9.17) is 0 Å². The van der Waals surface area contributed by atoms with Gasteiger partial charge in [-0.1, -0.05) is 18.2 Å². The highest BCUT2D eigenvalue weighted by Crippen LogP contribution is 1.88. The smallest absolute Gasteiger partial charge is 0.314 e. The van der Waals surface area contributed by atoms with Crippen LogP contribution in [0.3, 0.4) is 0 Å². The summed E-state index contributed by atoms with van der Waals surface area (Å²) in [4.78, 5) is 10.6. The third-order valence-corrected chi connectivity index (χ3v) is 0.856. The monoisotopic (exact) mass is 140 g/mol. The summed E-state index contributed by atoms with van der Waals surface area (Å²) in [5.41, 5.74) is 0. The summed E-state index contributed by atoms with van der Waals surface area (Å²) in [5.74, 6) is -0.226. The molecule has 0 aliphatic carbocycles. The Bertz CT molecular complexity index is 129. The number of hydrogen-bond acceptors (Lipinski definition) is 2. The van der Waals surface area contributed by atoms with E-state index in [1.807, 2.05) is 13.0 Å². The number of allylic oxidation sites excluding steroid dienone is 2. The predicted octanol–water partition coefficient (Wildman–Crippen LogP) is 2.03. The van der Waals surface area contributed by atoms with Crippen LogP contribution >= 0.6 is 0 Å². The minimum Gasteiger partial charge on any atom is -0.435 e. The number of carbonyl (C=O) groups is 1. The van der Waals surface area contributed by atoms with Crippen LogP contribution in [0.25, 0.3) is 0 Å². The van der Waals surface area contributed by atoms with E-state index in [2.05, 4.69) is 4.74 Å². The molecular weight excluding hydrogens is 128 g/mol. The first-order chi connectivity index (χ1) is 4.81. The molecule has 0 atom stereocenters. The van der Waals surface area contributed by atoms with Crippen molar-refractivity contribution >= 4 is 5.97 Å². The number of rotatable bonds is 3. The molecule has 0 aromatic rings. The Morgan fingerprint density at radius 2 is 2.10 bits per heavy atom. The van der Waals surface area contributed by atoms with E-state index < -0.39 is 0 Å². The zero-order chi connectivity index (χ0) is 7.82.